The topological polar surface area (TPSA) is 99.8 Å². The van der Waals surface area contributed by atoms with Gasteiger partial charge in [-0.3, -0.25) is 4.79 Å². The van der Waals surface area contributed by atoms with E-state index in [9.17, 15) is 4.79 Å². The molecular weight excluding hydrogens is 370 g/mol. The average Bonchev–Trinajstić information content (AvgIpc) is 3.44. The Labute approximate surface area is 167 Å². The maximum atomic E-state index is 12.9. The Hall–Kier alpha value is -4.01. The van der Waals surface area contributed by atoms with Gasteiger partial charge in [-0.1, -0.05) is 12.1 Å². The molecule has 0 aliphatic carbocycles. The molecule has 0 saturated carbocycles. The molecule has 146 valence electrons. The van der Waals surface area contributed by atoms with E-state index in [1.165, 1.54) is 11.0 Å². The second-order valence-corrected chi connectivity index (χ2v) is 6.38. The van der Waals surface area contributed by atoms with Crippen molar-refractivity contribution in [2.24, 2.45) is 7.05 Å². The molecule has 1 atom stereocenters. The molecule has 4 rings (SSSR count). The number of nitrogens with one attached hydrogen (secondary N) is 1. The number of hydrogen-bond acceptors (Lipinski definition) is 6. The van der Waals surface area contributed by atoms with Crippen LogP contribution in [0.3, 0.4) is 0 Å². The van der Waals surface area contributed by atoms with E-state index < -0.39 is 6.04 Å². The summed E-state index contributed by atoms with van der Waals surface area (Å²) in [5.41, 5.74) is 2.19. The van der Waals surface area contributed by atoms with Gasteiger partial charge in [-0.25, -0.2) is 9.67 Å². The lowest BCUT2D eigenvalue weighted by Crippen LogP contribution is -2.31. The molecule has 0 bridgehead atoms. The minimum atomic E-state index is -0.410. The molecule has 9 nitrogen and oxygen atoms in total. The minimum Gasteiger partial charge on any atom is -0.497 e. The molecule has 0 saturated heterocycles. The first-order chi connectivity index (χ1) is 14.2. The fourth-order valence-corrected chi connectivity index (χ4v) is 3.01. The maximum Gasteiger partial charge on any atom is 0.252 e. The largest absolute Gasteiger partial charge is 0.497 e. The summed E-state index contributed by atoms with van der Waals surface area (Å²) in [4.78, 5) is 17.4. The van der Waals surface area contributed by atoms with Crippen molar-refractivity contribution < 1.29 is 9.53 Å². The Morgan fingerprint density at radius 2 is 1.86 bits per heavy atom. The zero-order valence-corrected chi connectivity index (χ0v) is 15.9. The number of nitrogens with zero attached hydrogens (tertiary/aromatic N) is 6. The lowest BCUT2D eigenvalue weighted by molar-refractivity contribution is 0.0941. The Morgan fingerprint density at radius 3 is 2.45 bits per heavy atom. The molecule has 9 heteroatoms. The van der Waals surface area contributed by atoms with E-state index in [-0.39, 0.29) is 5.91 Å². The number of benzene rings is 2. The normalized spacial score (nSPS) is 11.8. The minimum absolute atomic E-state index is 0.211. The molecule has 2 aromatic heterocycles. The van der Waals surface area contributed by atoms with Crippen LogP contribution in [0.15, 0.2) is 67.3 Å². The number of methoxy groups -OCH3 is 1. The van der Waals surface area contributed by atoms with Gasteiger partial charge in [0.05, 0.1) is 12.8 Å². The highest BCUT2D eigenvalue weighted by atomic mass is 16.5. The highest BCUT2D eigenvalue weighted by Gasteiger charge is 2.21. The van der Waals surface area contributed by atoms with Gasteiger partial charge >= 0.3 is 0 Å². The smallest absolute Gasteiger partial charge is 0.252 e. The zero-order valence-electron chi connectivity index (χ0n) is 15.9. The quantitative estimate of drug-likeness (QED) is 0.541. The number of tetrazole rings is 1. The first-order valence-electron chi connectivity index (χ1n) is 8.91. The summed E-state index contributed by atoms with van der Waals surface area (Å²) in [6.07, 6.45) is 5.05. The van der Waals surface area contributed by atoms with Crippen LogP contribution in [0.25, 0.3) is 5.69 Å². The predicted molar refractivity (Wildman–Crippen MR) is 105 cm³/mol. The summed E-state index contributed by atoms with van der Waals surface area (Å²) >= 11 is 0. The van der Waals surface area contributed by atoms with Crippen LogP contribution < -0.4 is 10.1 Å². The van der Waals surface area contributed by atoms with Gasteiger partial charge < -0.3 is 14.6 Å². The number of ether oxygens (including phenoxy) is 1. The van der Waals surface area contributed by atoms with Crippen LogP contribution in [0.2, 0.25) is 0 Å². The van der Waals surface area contributed by atoms with Crippen LogP contribution in [-0.4, -0.2) is 42.8 Å². The third-order valence-corrected chi connectivity index (χ3v) is 4.58. The molecule has 2 aromatic carbocycles. The fraction of sp³-hybridized carbons (Fsp3) is 0.150. The fourth-order valence-electron chi connectivity index (χ4n) is 3.01. The van der Waals surface area contributed by atoms with E-state index in [0.29, 0.717) is 5.56 Å². The van der Waals surface area contributed by atoms with Crippen molar-refractivity contribution in [1.82, 2.24) is 35.1 Å². The molecule has 4 aromatic rings. The molecule has 0 aliphatic rings. The molecule has 29 heavy (non-hydrogen) atoms. The van der Waals surface area contributed by atoms with E-state index in [2.05, 4.69) is 25.8 Å². The van der Waals surface area contributed by atoms with Crippen molar-refractivity contribution in [3.05, 3.63) is 84.2 Å². The third kappa shape index (κ3) is 3.84. The molecule has 0 radical (unpaired) electrons. The van der Waals surface area contributed by atoms with Crippen molar-refractivity contribution in [1.29, 1.82) is 0 Å². The van der Waals surface area contributed by atoms with Gasteiger partial charge in [-0.2, -0.15) is 0 Å². The average molecular weight is 389 g/mol. The SMILES string of the molecule is COc1ccc([C@@H](NC(=O)c2ccc(-n3cnnn3)cc2)c2nccn2C)cc1. The molecule has 0 aliphatic heterocycles. The van der Waals surface area contributed by atoms with Crippen molar-refractivity contribution in [2.45, 2.75) is 6.04 Å². The molecule has 0 spiro atoms. The van der Waals surface area contributed by atoms with Crippen LogP contribution in [0, 0.1) is 0 Å². The van der Waals surface area contributed by atoms with Crippen LogP contribution >= 0.6 is 0 Å². The number of imidazole rings is 1. The summed E-state index contributed by atoms with van der Waals surface area (Å²) in [6.45, 7) is 0. The first kappa shape index (κ1) is 18.4. The lowest BCUT2D eigenvalue weighted by Gasteiger charge is -2.19. The number of rotatable bonds is 6. The van der Waals surface area contributed by atoms with Gasteiger partial charge in [-0.15, -0.1) is 5.10 Å². The van der Waals surface area contributed by atoms with Crippen molar-refractivity contribution in [3.8, 4) is 11.4 Å². The lowest BCUT2D eigenvalue weighted by atomic mass is 10.0. The van der Waals surface area contributed by atoms with Crippen molar-refractivity contribution >= 4 is 5.91 Å². The molecular formula is C20H19N7O2. The van der Waals surface area contributed by atoms with E-state index in [0.717, 1.165) is 22.8 Å². The van der Waals surface area contributed by atoms with E-state index in [1.807, 2.05) is 42.1 Å². The molecule has 1 amide bonds. The van der Waals surface area contributed by atoms with E-state index >= 15 is 0 Å². The third-order valence-electron chi connectivity index (χ3n) is 4.58. The Kier molecular flexibility index (Phi) is 5.02. The summed E-state index contributed by atoms with van der Waals surface area (Å²) in [5, 5.41) is 14.1. The summed E-state index contributed by atoms with van der Waals surface area (Å²) in [5.74, 6) is 1.27. The van der Waals surface area contributed by atoms with Gasteiger partial charge in [0.2, 0.25) is 0 Å². The zero-order chi connectivity index (χ0) is 20.2. The Balaban J connectivity index is 1.60. The predicted octanol–water partition coefficient (Wildman–Crippen LogP) is 1.92. The number of aromatic nitrogens is 6. The standard InChI is InChI=1S/C20H19N7O2/c1-26-12-11-21-19(26)18(14-5-9-17(29-2)10-6-14)23-20(28)15-3-7-16(8-4-15)27-13-22-24-25-27/h3-13,18H,1-2H3,(H,23,28)/t18-/m1/s1. The second kappa shape index (κ2) is 7.93. The van der Waals surface area contributed by atoms with E-state index in [4.69, 9.17) is 4.74 Å². The van der Waals surface area contributed by atoms with Crippen molar-refractivity contribution in [2.75, 3.05) is 7.11 Å². The highest BCUT2D eigenvalue weighted by molar-refractivity contribution is 5.94. The van der Waals surface area contributed by atoms with Gasteiger partial charge in [-0.05, 0) is 52.4 Å². The monoisotopic (exact) mass is 389 g/mol. The van der Waals surface area contributed by atoms with Gasteiger partial charge in [0, 0.05) is 25.0 Å². The Morgan fingerprint density at radius 1 is 1.10 bits per heavy atom. The summed E-state index contributed by atoms with van der Waals surface area (Å²) < 4.78 is 8.64. The Bertz CT molecular complexity index is 1090. The first-order valence-corrected chi connectivity index (χ1v) is 8.91. The van der Waals surface area contributed by atoms with Gasteiger partial charge in [0.25, 0.3) is 5.91 Å². The van der Waals surface area contributed by atoms with Crippen LogP contribution in [0.1, 0.15) is 27.8 Å². The van der Waals surface area contributed by atoms with Crippen LogP contribution in [0.4, 0.5) is 0 Å². The summed E-state index contributed by atoms with van der Waals surface area (Å²) in [6, 6.07) is 14.2. The molecule has 0 fully saturated rings. The molecule has 0 unspecified atom stereocenters. The number of carbonyl (C=O) groups excluding carboxylic acids is 1. The molecule has 2 heterocycles. The summed E-state index contributed by atoms with van der Waals surface area (Å²) in [7, 11) is 3.51. The maximum absolute atomic E-state index is 12.9. The van der Waals surface area contributed by atoms with Crippen LogP contribution in [-0.2, 0) is 7.05 Å². The number of hydrogen-bond donors (Lipinski definition) is 1. The van der Waals surface area contributed by atoms with Gasteiger partial charge in [0.1, 0.15) is 23.9 Å². The second-order valence-electron chi connectivity index (χ2n) is 6.38. The number of amides is 1. The number of carbonyl (C=O) groups is 1. The van der Waals surface area contributed by atoms with E-state index in [1.54, 1.807) is 37.6 Å². The van der Waals surface area contributed by atoms with Gasteiger partial charge in [0.15, 0.2) is 0 Å². The molecule has 1 N–H and O–H groups in total. The van der Waals surface area contributed by atoms with Crippen molar-refractivity contribution in [3.63, 3.8) is 0 Å². The number of aryl methyl sites for hydroxylation is 1. The van der Waals surface area contributed by atoms with Crippen LogP contribution in [0.5, 0.6) is 5.75 Å². The highest BCUT2D eigenvalue weighted by Crippen LogP contribution is 2.23.